The van der Waals surface area contributed by atoms with Crippen molar-refractivity contribution in [2.45, 2.75) is 5.24 Å². The van der Waals surface area contributed by atoms with E-state index in [-0.39, 0.29) is 11.1 Å². The molecule has 1 aromatic carbocycles. The van der Waals surface area contributed by atoms with Gasteiger partial charge in [-0.1, -0.05) is 17.4 Å². The number of carbonyl (C=O) groups excluding carboxylic acids is 1. The van der Waals surface area contributed by atoms with E-state index in [2.05, 4.69) is 65.9 Å². The fourth-order valence-corrected chi connectivity index (χ4v) is 4.49. The summed E-state index contributed by atoms with van der Waals surface area (Å²) in [6, 6.07) is 11.7. The van der Waals surface area contributed by atoms with Crippen LogP contribution in [0.2, 0.25) is 0 Å². The number of rotatable bonds is 5. The molecule has 1 saturated heterocycles. The number of hydrogen-bond acceptors (Lipinski definition) is 6. The molecule has 0 saturated carbocycles. The van der Waals surface area contributed by atoms with Crippen molar-refractivity contribution in [3.8, 4) is 11.1 Å². The molecule has 35 heavy (non-hydrogen) atoms. The Labute approximate surface area is 208 Å². The van der Waals surface area contributed by atoms with Crippen LogP contribution in [-0.2, 0) is 7.05 Å². The molecule has 174 valence electrons. The molecule has 1 aliphatic rings. The molecule has 4 heterocycles. The maximum Gasteiger partial charge on any atom is 0.257 e. The minimum Gasteiger partial charge on any atom is -0.354 e. The SMILES string of the molecule is BC(B)(B)N1CCN(c2cc(C(=O)Nc3cc4cc(-c5cnn(C)c5)ccc4cn3)ccn2)CC1. The number of fused-ring (bicyclic) bond motifs is 1. The molecule has 0 aliphatic carbocycles. The standard InChI is InChI=1S/C24H28B3N7O/c1-32-15-20(14-30-32)16-2-3-18-13-29-21(11-19(18)10-16)31-23(35)17-4-5-28-22(12-17)33-6-8-34(9-7-33)24(25,26)27/h2-5,10-15H,6-9,25-27H2,1H3,(H,29,31,35). The second-order valence-electron chi connectivity index (χ2n) is 10.0. The number of piperazine rings is 1. The van der Waals surface area contributed by atoms with Gasteiger partial charge in [0.2, 0.25) is 0 Å². The van der Waals surface area contributed by atoms with Crippen molar-refractivity contribution in [3.05, 3.63) is 66.7 Å². The minimum atomic E-state index is -0.197. The van der Waals surface area contributed by atoms with Crippen LogP contribution >= 0.6 is 0 Å². The van der Waals surface area contributed by atoms with Crippen LogP contribution < -0.4 is 10.2 Å². The second-order valence-corrected chi connectivity index (χ2v) is 10.0. The van der Waals surface area contributed by atoms with Gasteiger partial charge in [0.15, 0.2) is 0 Å². The van der Waals surface area contributed by atoms with E-state index < -0.39 is 0 Å². The minimum absolute atomic E-state index is 0.160. The lowest BCUT2D eigenvalue weighted by Gasteiger charge is -2.43. The number of nitrogens with one attached hydrogen (secondary N) is 1. The van der Waals surface area contributed by atoms with Gasteiger partial charge in [0.25, 0.3) is 5.91 Å². The fraction of sp³-hybridized carbons (Fsp3) is 0.250. The summed E-state index contributed by atoms with van der Waals surface area (Å²) < 4.78 is 1.78. The third-order valence-electron chi connectivity index (χ3n) is 6.56. The number of benzene rings is 1. The first-order valence-electron chi connectivity index (χ1n) is 11.9. The van der Waals surface area contributed by atoms with Gasteiger partial charge >= 0.3 is 0 Å². The largest absolute Gasteiger partial charge is 0.354 e. The van der Waals surface area contributed by atoms with E-state index in [1.807, 2.05) is 37.6 Å². The van der Waals surface area contributed by atoms with Gasteiger partial charge in [-0.25, -0.2) is 9.97 Å². The normalized spacial score (nSPS) is 14.8. The highest BCUT2D eigenvalue weighted by Gasteiger charge is 2.26. The molecule has 11 heteroatoms. The first-order chi connectivity index (χ1) is 16.8. The van der Waals surface area contributed by atoms with Crippen molar-refractivity contribution < 1.29 is 4.79 Å². The Morgan fingerprint density at radius 2 is 1.74 bits per heavy atom. The van der Waals surface area contributed by atoms with E-state index in [1.165, 1.54) is 0 Å². The highest BCUT2D eigenvalue weighted by molar-refractivity contribution is 6.59. The number of aromatic nitrogens is 4. The zero-order valence-electron chi connectivity index (χ0n) is 20.7. The van der Waals surface area contributed by atoms with Crippen LogP contribution in [0.3, 0.4) is 0 Å². The molecule has 1 N–H and O–H groups in total. The van der Waals surface area contributed by atoms with Gasteiger partial charge in [-0.05, 0) is 35.2 Å². The van der Waals surface area contributed by atoms with Crippen molar-refractivity contribution in [2.75, 3.05) is 36.4 Å². The smallest absolute Gasteiger partial charge is 0.257 e. The summed E-state index contributed by atoms with van der Waals surface area (Å²) in [5.74, 6) is 1.15. The number of amides is 1. The predicted molar refractivity (Wildman–Crippen MR) is 148 cm³/mol. The molecule has 1 aliphatic heterocycles. The van der Waals surface area contributed by atoms with Gasteiger partial charge in [0.1, 0.15) is 35.2 Å². The molecule has 0 unspecified atom stereocenters. The second kappa shape index (κ2) is 9.22. The molecule has 0 spiro atoms. The van der Waals surface area contributed by atoms with E-state index in [0.717, 1.165) is 53.9 Å². The summed E-state index contributed by atoms with van der Waals surface area (Å²) in [5.41, 5.74) is 2.68. The van der Waals surface area contributed by atoms with Gasteiger partial charge < -0.3 is 15.1 Å². The van der Waals surface area contributed by atoms with Crippen LogP contribution in [-0.4, -0.2) is 85.5 Å². The molecule has 4 aromatic rings. The number of hydrogen-bond donors (Lipinski definition) is 1. The molecular formula is C24H28B3N7O. The lowest BCUT2D eigenvalue weighted by atomic mass is 9.48. The Hall–Kier alpha value is -3.59. The lowest BCUT2D eigenvalue weighted by Crippen LogP contribution is -2.58. The third-order valence-corrected chi connectivity index (χ3v) is 6.56. The topological polar surface area (TPSA) is 79.2 Å². The van der Waals surface area contributed by atoms with Gasteiger partial charge in [-0.3, -0.25) is 9.48 Å². The highest BCUT2D eigenvalue weighted by Crippen LogP contribution is 2.25. The van der Waals surface area contributed by atoms with Crippen LogP contribution in [0.1, 0.15) is 10.4 Å². The quantitative estimate of drug-likeness (QED) is 0.418. The number of carbonyl (C=O) groups is 1. The van der Waals surface area contributed by atoms with Gasteiger partial charge in [-0.15, -0.1) is 0 Å². The van der Waals surface area contributed by atoms with Gasteiger partial charge in [0, 0.05) is 68.3 Å². The highest BCUT2D eigenvalue weighted by atomic mass is 16.1. The maximum atomic E-state index is 13.0. The summed E-state index contributed by atoms with van der Waals surface area (Å²) in [6.45, 7) is 3.73. The van der Waals surface area contributed by atoms with Crippen LogP contribution in [0.5, 0.6) is 0 Å². The molecule has 3 aromatic heterocycles. The Balaban J connectivity index is 1.31. The molecule has 0 radical (unpaired) electrons. The summed E-state index contributed by atoms with van der Waals surface area (Å²) in [5, 5.41) is 9.38. The first kappa shape index (κ1) is 23.2. The van der Waals surface area contributed by atoms with Crippen LogP contribution in [0.25, 0.3) is 21.9 Å². The van der Waals surface area contributed by atoms with E-state index in [9.17, 15) is 4.79 Å². The van der Waals surface area contributed by atoms with Crippen molar-refractivity contribution in [1.29, 1.82) is 0 Å². The third kappa shape index (κ3) is 5.10. The monoisotopic (exact) mass is 463 g/mol. The van der Waals surface area contributed by atoms with Crippen LogP contribution in [0.15, 0.2) is 61.2 Å². The van der Waals surface area contributed by atoms with Crippen molar-refractivity contribution in [1.82, 2.24) is 24.6 Å². The van der Waals surface area contributed by atoms with E-state index in [1.54, 1.807) is 23.1 Å². The predicted octanol–water partition coefficient (Wildman–Crippen LogP) is -0.0848. The Bertz CT molecular complexity index is 1380. The molecule has 0 bridgehead atoms. The summed E-state index contributed by atoms with van der Waals surface area (Å²) in [7, 11) is 8.63. The maximum absolute atomic E-state index is 13.0. The van der Waals surface area contributed by atoms with Crippen LogP contribution in [0, 0.1) is 0 Å². The summed E-state index contributed by atoms with van der Waals surface area (Å²) >= 11 is 0. The van der Waals surface area contributed by atoms with Gasteiger partial charge in [0.05, 0.1) is 6.20 Å². The number of anilines is 2. The molecule has 1 amide bonds. The average molecular weight is 463 g/mol. The zero-order valence-corrected chi connectivity index (χ0v) is 20.7. The number of aryl methyl sites for hydroxylation is 1. The lowest BCUT2D eigenvalue weighted by molar-refractivity contribution is 0.102. The molecular weight excluding hydrogens is 435 g/mol. The van der Waals surface area contributed by atoms with Crippen LogP contribution in [0.4, 0.5) is 11.6 Å². The van der Waals surface area contributed by atoms with E-state index in [0.29, 0.717) is 11.4 Å². The number of pyridine rings is 2. The average Bonchev–Trinajstić information content (AvgIpc) is 3.29. The van der Waals surface area contributed by atoms with E-state index >= 15 is 0 Å². The Morgan fingerprint density at radius 1 is 0.943 bits per heavy atom. The number of nitrogens with zero attached hydrogens (tertiary/aromatic N) is 6. The molecule has 0 atom stereocenters. The van der Waals surface area contributed by atoms with Crippen molar-refractivity contribution in [3.63, 3.8) is 0 Å². The molecule has 1 fully saturated rings. The fourth-order valence-electron chi connectivity index (χ4n) is 4.49. The van der Waals surface area contributed by atoms with E-state index in [4.69, 9.17) is 0 Å². The summed E-state index contributed by atoms with van der Waals surface area (Å²) in [4.78, 5) is 26.7. The van der Waals surface area contributed by atoms with Crippen molar-refractivity contribution in [2.24, 2.45) is 7.05 Å². The molecule has 8 nitrogen and oxygen atoms in total. The molecule has 5 rings (SSSR count). The first-order valence-corrected chi connectivity index (χ1v) is 11.9. The zero-order chi connectivity index (χ0) is 24.6. The van der Waals surface area contributed by atoms with Crippen molar-refractivity contribution >= 4 is 51.9 Å². The Morgan fingerprint density at radius 3 is 2.46 bits per heavy atom. The summed E-state index contributed by atoms with van der Waals surface area (Å²) in [6.07, 6.45) is 7.31. The Kier molecular flexibility index (Phi) is 6.11. The van der Waals surface area contributed by atoms with Gasteiger partial charge in [-0.2, -0.15) is 5.10 Å².